The largest absolute Gasteiger partial charge is 0.444 e. The number of anilines is 1. The average molecular weight is 416 g/mol. The first-order chi connectivity index (χ1) is 14.1. The molecule has 0 radical (unpaired) electrons. The topological polar surface area (TPSA) is 96.5 Å². The van der Waals surface area contributed by atoms with E-state index in [0.29, 0.717) is 11.6 Å². The van der Waals surface area contributed by atoms with Crippen LogP contribution in [0.15, 0.2) is 35.9 Å². The highest BCUT2D eigenvalue weighted by atomic mass is 16.6. The molecule has 1 aliphatic carbocycles. The van der Waals surface area contributed by atoms with Crippen LogP contribution in [0.1, 0.15) is 58.9 Å². The Morgan fingerprint density at radius 3 is 2.43 bits per heavy atom. The van der Waals surface area contributed by atoms with Gasteiger partial charge < -0.3 is 20.7 Å². The number of hydrogen-bond donors (Lipinski definition) is 3. The summed E-state index contributed by atoms with van der Waals surface area (Å²) in [7, 11) is 0. The van der Waals surface area contributed by atoms with E-state index in [1.807, 2.05) is 25.1 Å². The predicted molar refractivity (Wildman–Crippen MR) is 117 cm³/mol. The van der Waals surface area contributed by atoms with Gasteiger partial charge in [-0.1, -0.05) is 36.6 Å². The molecule has 0 bridgehead atoms. The van der Waals surface area contributed by atoms with Crippen LogP contribution in [0.4, 0.5) is 10.5 Å². The summed E-state index contributed by atoms with van der Waals surface area (Å²) < 4.78 is 5.10. The molecule has 0 unspecified atom stereocenters. The lowest BCUT2D eigenvalue weighted by Crippen LogP contribution is -2.39. The smallest absolute Gasteiger partial charge is 0.408 e. The zero-order valence-electron chi connectivity index (χ0n) is 18.3. The van der Waals surface area contributed by atoms with Crippen LogP contribution in [-0.4, -0.2) is 30.1 Å². The Kier molecular flexibility index (Phi) is 8.45. The second-order valence-corrected chi connectivity index (χ2v) is 8.65. The van der Waals surface area contributed by atoms with Crippen molar-refractivity contribution in [2.75, 3.05) is 11.9 Å². The lowest BCUT2D eigenvalue weighted by molar-refractivity contribution is -0.120. The van der Waals surface area contributed by atoms with E-state index in [1.54, 1.807) is 32.9 Å². The van der Waals surface area contributed by atoms with Gasteiger partial charge in [0.05, 0.1) is 0 Å². The van der Waals surface area contributed by atoms with E-state index in [1.165, 1.54) is 12.8 Å². The molecule has 0 saturated heterocycles. The van der Waals surface area contributed by atoms with Crippen LogP contribution >= 0.6 is 0 Å². The number of benzene rings is 1. The summed E-state index contributed by atoms with van der Waals surface area (Å²) in [6.45, 7) is 7.32. The number of carbonyl (C=O) groups is 3. The van der Waals surface area contributed by atoms with E-state index >= 15 is 0 Å². The molecule has 0 spiro atoms. The molecule has 1 saturated carbocycles. The number of nitrogens with one attached hydrogen (secondary N) is 3. The maximum atomic E-state index is 12.4. The summed E-state index contributed by atoms with van der Waals surface area (Å²) in [6.07, 6.45) is 5.78. The minimum Gasteiger partial charge on any atom is -0.444 e. The van der Waals surface area contributed by atoms with Crippen LogP contribution in [0.5, 0.6) is 0 Å². The number of allylic oxidation sites excluding steroid dienone is 1. The maximum Gasteiger partial charge on any atom is 0.408 e. The van der Waals surface area contributed by atoms with Crippen molar-refractivity contribution >= 4 is 23.6 Å². The number of para-hydroxylation sites is 1. The second kappa shape index (κ2) is 10.8. The van der Waals surface area contributed by atoms with Gasteiger partial charge >= 0.3 is 6.09 Å². The zero-order chi connectivity index (χ0) is 22.1. The molecular formula is C23H33N3O4. The first-order valence-electron chi connectivity index (χ1n) is 10.4. The van der Waals surface area contributed by atoms with Crippen molar-refractivity contribution in [1.29, 1.82) is 0 Å². The minimum atomic E-state index is -0.644. The van der Waals surface area contributed by atoms with Gasteiger partial charge in [-0.25, -0.2) is 4.79 Å². The van der Waals surface area contributed by atoms with E-state index in [4.69, 9.17) is 4.74 Å². The van der Waals surface area contributed by atoms with Crippen LogP contribution in [-0.2, 0) is 20.9 Å². The maximum absolute atomic E-state index is 12.4. The van der Waals surface area contributed by atoms with E-state index < -0.39 is 11.7 Å². The Balaban J connectivity index is 1.86. The fraction of sp³-hybridized carbons (Fsp3) is 0.522. The number of hydrogen-bond acceptors (Lipinski definition) is 4. The molecule has 1 aliphatic rings. The number of carbonyl (C=O) groups excluding carboxylic acids is 3. The van der Waals surface area contributed by atoms with Gasteiger partial charge in [-0.05, 0) is 58.1 Å². The molecule has 1 fully saturated rings. The zero-order valence-corrected chi connectivity index (χ0v) is 18.3. The summed E-state index contributed by atoms with van der Waals surface area (Å²) in [6, 6.07) is 7.32. The quantitative estimate of drug-likeness (QED) is 0.589. The van der Waals surface area contributed by atoms with E-state index in [2.05, 4.69) is 16.0 Å². The molecule has 3 N–H and O–H groups in total. The highest BCUT2D eigenvalue weighted by Gasteiger charge is 2.18. The highest BCUT2D eigenvalue weighted by Crippen LogP contribution is 2.30. The van der Waals surface area contributed by atoms with Crippen molar-refractivity contribution in [1.82, 2.24) is 10.6 Å². The third-order valence-electron chi connectivity index (χ3n) is 4.90. The van der Waals surface area contributed by atoms with Crippen LogP contribution in [0, 0.1) is 5.92 Å². The van der Waals surface area contributed by atoms with Crippen molar-refractivity contribution < 1.29 is 19.1 Å². The van der Waals surface area contributed by atoms with Gasteiger partial charge in [-0.2, -0.15) is 0 Å². The lowest BCUT2D eigenvalue weighted by atomic mass is 9.98. The molecule has 0 aromatic heterocycles. The number of ether oxygens (including phenoxy) is 1. The van der Waals surface area contributed by atoms with Crippen LogP contribution < -0.4 is 16.0 Å². The Morgan fingerprint density at radius 2 is 1.77 bits per heavy atom. The molecule has 0 heterocycles. The monoisotopic (exact) mass is 415 g/mol. The van der Waals surface area contributed by atoms with Gasteiger partial charge in [0, 0.05) is 18.3 Å². The Morgan fingerprint density at radius 1 is 1.10 bits per heavy atom. The Bertz CT molecular complexity index is 790. The molecule has 2 rings (SSSR count). The molecule has 30 heavy (non-hydrogen) atoms. The van der Waals surface area contributed by atoms with Gasteiger partial charge in [0.15, 0.2) is 0 Å². The molecule has 7 heteroatoms. The molecule has 3 amide bonds. The summed E-state index contributed by atoms with van der Waals surface area (Å²) in [5.41, 5.74) is 1.92. The Labute approximate surface area is 178 Å². The molecule has 164 valence electrons. The minimum absolute atomic E-state index is 0.162. The van der Waals surface area contributed by atoms with Crippen molar-refractivity contribution in [2.45, 2.75) is 65.5 Å². The van der Waals surface area contributed by atoms with Crippen molar-refractivity contribution in [3.05, 3.63) is 41.5 Å². The number of alkyl carbamates (subject to hydrolysis) is 1. The highest BCUT2D eigenvalue weighted by molar-refractivity contribution is 6.00. The Hall–Kier alpha value is -2.83. The summed E-state index contributed by atoms with van der Waals surface area (Å²) in [5, 5.41) is 8.07. The van der Waals surface area contributed by atoms with E-state index in [0.717, 1.165) is 24.0 Å². The first kappa shape index (κ1) is 23.4. The average Bonchev–Trinajstić information content (AvgIpc) is 3.19. The first-order valence-corrected chi connectivity index (χ1v) is 10.4. The normalized spacial score (nSPS) is 14.9. The van der Waals surface area contributed by atoms with Crippen molar-refractivity contribution in [3.8, 4) is 0 Å². The fourth-order valence-corrected chi connectivity index (χ4v) is 3.39. The molecule has 1 aromatic rings. The third kappa shape index (κ3) is 8.27. The SMILES string of the molecule is C/C(=C\C(=O)Nc1ccccc1CNC(=O)CNC(=O)OC(C)(C)C)C1CCCC1. The standard InChI is InChI=1S/C23H33N3O4/c1-16(17-9-5-6-10-17)13-20(27)26-19-12-8-7-11-18(19)14-24-21(28)15-25-22(29)30-23(2,3)4/h7-8,11-13,17H,5-6,9-10,14-15H2,1-4H3,(H,24,28)(H,25,29)(H,26,27)/b16-13+. The van der Waals surface area contributed by atoms with Gasteiger partial charge in [0.25, 0.3) is 0 Å². The van der Waals surface area contributed by atoms with Gasteiger partial charge in [0.2, 0.25) is 11.8 Å². The van der Waals surface area contributed by atoms with Gasteiger partial charge in [-0.3, -0.25) is 9.59 Å². The second-order valence-electron chi connectivity index (χ2n) is 8.65. The molecule has 0 aliphatic heterocycles. The van der Waals surface area contributed by atoms with E-state index in [9.17, 15) is 14.4 Å². The summed E-state index contributed by atoms with van der Waals surface area (Å²) in [5.74, 6) is -0.00788. The number of amides is 3. The van der Waals surface area contributed by atoms with Crippen LogP contribution in [0.2, 0.25) is 0 Å². The van der Waals surface area contributed by atoms with Crippen LogP contribution in [0.3, 0.4) is 0 Å². The molecular weight excluding hydrogens is 382 g/mol. The van der Waals surface area contributed by atoms with E-state index in [-0.39, 0.29) is 24.9 Å². The van der Waals surface area contributed by atoms with Crippen molar-refractivity contribution in [2.24, 2.45) is 5.92 Å². The summed E-state index contributed by atoms with van der Waals surface area (Å²) in [4.78, 5) is 36.1. The molecule has 0 atom stereocenters. The van der Waals surface area contributed by atoms with Crippen LogP contribution in [0.25, 0.3) is 0 Å². The van der Waals surface area contributed by atoms with Gasteiger partial charge in [0.1, 0.15) is 12.1 Å². The number of rotatable bonds is 7. The fourth-order valence-electron chi connectivity index (χ4n) is 3.39. The third-order valence-corrected chi connectivity index (χ3v) is 4.90. The van der Waals surface area contributed by atoms with Crippen molar-refractivity contribution in [3.63, 3.8) is 0 Å². The summed E-state index contributed by atoms with van der Waals surface area (Å²) >= 11 is 0. The molecule has 7 nitrogen and oxygen atoms in total. The molecule has 1 aromatic carbocycles. The lowest BCUT2D eigenvalue weighted by Gasteiger charge is -2.19. The van der Waals surface area contributed by atoms with Gasteiger partial charge in [-0.15, -0.1) is 0 Å². The predicted octanol–water partition coefficient (Wildman–Crippen LogP) is 3.90.